The lowest BCUT2D eigenvalue weighted by atomic mass is 10.2. The van der Waals surface area contributed by atoms with E-state index in [0.29, 0.717) is 11.7 Å². The van der Waals surface area contributed by atoms with Crippen molar-refractivity contribution in [3.8, 4) is 0 Å². The maximum absolute atomic E-state index is 8.88. The van der Waals surface area contributed by atoms with Crippen LogP contribution in [0.4, 0.5) is 5.82 Å². The maximum Gasteiger partial charge on any atom is 0.139 e. The van der Waals surface area contributed by atoms with Crippen molar-refractivity contribution in [1.29, 1.82) is 0 Å². The van der Waals surface area contributed by atoms with E-state index < -0.39 is 0 Å². The maximum atomic E-state index is 8.88. The van der Waals surface area contributed by atoms with Gasteiger partial charge in [0.2, 0.25) is 0 Å². The normalized spacial score (nSPS) is 10.7. The molecular weight excluding hydrogens is 224 g/mol. The molecule has 0 saturated heterocycles. The summed E-state index contributed by atoms with van der Waals surface area (Å²) in [5.74, 6) is 0.776. The van der Waals surface area contributed by atoms with Gasteiger partial charge >= 0.3 is 0 Å². The zero-order valence-corrected chi connectivity index (χ0v) is 9.78. The Hall–Kier alpha value is -1.32. The molecule has 2 rings (SSSR count). The average molecular weight is 237 g/mol. The number of aliphatic hydroxyl groups is 1. The van der Waals surface area contributed by atoms with Crippen molar-refractivity contribution < 1.29 is 5.11 Å². The first-order valence-electron chi connectivity index (χ1n) is 5.09. The topological polar surface area (TPSA) is 36.4 Å². The predicted molar refractivity (Wildman–Crippen MR) is 67.1 cm³/mol. The molecule has 1 aromatic heterocycles. The van der Waals surface area contributed by atoms with E-state index in [9.17, 15) is 0 Å². The van der Waals surface area contributed by atoms with E-state index >= 15 is 0 Å². The number of hydrogen-bond donors (Lipinski definition) is 1. The molecular formula is C12H13ClN2O. The van der Waals surface area contributed by atoms with Crippen LogP contribution in [0.15, 0.2) is 30.3 Å². The van der Waals surface area contributed by atoms with Crippen molar-refractivity contribution in [3.63, 3.8) is 0 Å². The molecule has 0 bridgehead atoms. The van der Waals surface area contributed by atoms with Gasteiger partial charge in [-0.05, 0) is 11.5 Å². The fraction of sp³-hybridized carbons (Fsp3) is 0.250. The quantitative estimate of drug-likeness (QED) is 0.831. The summed E-state index contributed by atoms with van der Waals surface area (Å²) in [6.07, 6.45) is 0. The van der Waals surface area contributed by atoms with Gasteiger partial charge in [0.05, 0.1) is 6.61 Å². The first-order chi connectivity index (χ1) is 7.72. The minimum absolute atomic E-state index is 0.0998. The van der Waals surface area contributed by atoms with Gasteiger partial charge in [-0.2, -0.15) is 0 Å². The summed E-state index contributed by atoms with van der Waals surface area (Å²) in [5.41, 5.74) is 0. The molecule has 1 aromatic carbocycles. The number of anilines is 1. The van der Waals surface area contributed by atoms with Crippen LogP contribution in [-0.2, 0) is 0 Å². The third-order valence-corrected chi connectivity index (χ3v) is 2.79. The number of halogens is 1. The lowest BCUT2D eigenvalue weighted by molar-refractivity contribution is 0.304. The van der Waals surface area contributed by atoms with Crippen LogP contribution in [0.1, 0.15) is 0 Å². The van der Waals surface area contributed by atoms with Crippen LogP contribution in [-0.4, -0.2) is 30.3 Å². The number of aromatic nitrogens is 1. The van der Waals surface area contributed by atoms with Crippen molar-refractivity contribution in [1.82, 2.24) is 4.98 Å². The van der Waals surface area contributed by atoms with Gasteiger partial charge in [-0.1, -0.05) is 35.9 Å². The standard InChI is InChI=1S/C12H13ClN2O/c1-15(6-7-16)11-8-9-4-2-3-5-10(9)12(13)14-11/h2-5,8,16H,6-7H2,1H3. The highest BCUT2D eigenvalue weighted by molar-refractivity contribution is 6.34. The second-order valence-electron chi connectivity index (χ2n) is 3.64. The number of nitrogens with zero attached hydrogens (tertiary/aromatic N) is 2. The second kappa shape index (κ2) is 4.68. The Labute approximate surface area is 99.3 Å². The number of aliphatic hydroxyl groups excluding tert-OH is 1. The largest absolute Gasteiger partial charge is 0.395 e. The highest BCUT2D eigenvalue weighted by Gasteiger charge is 2.06. The molecule has 16 heavy (non-hydrogen) atoms. The lowest BCUT2D eigenvalue weighted by Crippen LogP contribution is -2.22. The number of hydrogen-bond acceptors (Lipinski definition) is 3. The van der Waals surface area contributed by atoms with E-state index in [1.807, 2.05) is 42.3 Å². The first kappa shape index (κ1) is 11.2. The Morgan fingerprint density at radius 1 is 1.38 bits per heavy atom. The van der Waals surface area contributed by atoms with Crippen LogP contribution in [0.25, 0.3) is 10.8 Å². The molecule has 0 amide bonds. The van der Waals surface area contributed by atoms with Gasteiger partial charge in [0.15, 0.2) is 0 Å². The Balaban J connectivity index is 2.49. The van der Waals surface area contributed by atoms with Gasteiger partial charge in [-0.3, -0.25) is 0 Å². The van der Waals surface area contributed by atoms with Gasteiger partial charge in [0, 0.05) is 19.0 Å². The smallest absolute Gasteiger partial charge is 0.139 e. The Kier molecular flexibility index (Phi) is 3.27. The number of pyridine rings is 1. The van der Waals surface area contributed by atoms with Crippen molar-refractivity contribution >= 4 is 28.2 Å². The molecule has 0 aliphatic rings. The Morgan fingerprint density at radius 2 is 2.12 bits per heavy atom. The summed E-state index contributed by atoms with van der Waals surface area (Å²) in [4.78, 5) is 6.17. The van der Waals surface area contributed by atoms with Crippen LogP contribution in [0.5, 0.6) is 0 Å². The van der Waals surface area contributed by atoms with E-state index in [1.54, 1.807) is 0 Å². The molecule has 0 spiro atoms. The molecule has 0 radical (unpaired) electrons. The lowest BCUT2D eigenvalue weighted by Gasteiger charge is -2.17. The van der Waals surface area contributed by atoms with Gasteiger partial charge in [-0.25, -0.2) is 4.98 Å². The van der Waals surface area contributed by atoms with Crippen LogP contribution in [0.3, 0.4) is 0 Å². The highest BCUT2D eigenvalue weighted by Crippen LogP contribution is 2.25. The number of benzene rings is 1. The zero-order valence-electron chi connectivity index (χ0n) is 9.02. The van der Waals surface area contributed by atoms with E-state index in [0.717, 1.165) is 16.6 Å². The van der Waals surface area contributed by atoms with Crippen LogP contribution in [0.2, 0.25) is 5.15 Å². The molecule has 2 aromatic rings. The number of rotatable bonds is 3. The van der Waals surface area contributed by atoms with Crippen LogP contribution in [0, 0.1) is 0 Å². The van der Waals surface area contributed by atoms with E-state index in [-0.39, 0.29) is 6.61 Å². The summed E-state index contributed by atoms with van der Waals surface area (Å²) < 4.78 is 0. The fourth-order valence-electron chi connectivity index (χ4n) is 1.60. The summed E-state index contributed by atoms with van der Waals surface area (Å²) in [7, 11) is 1.88. The van der Waals surface area contributed by atoms with Crippen molar-refractivity contribution in [2.75, 3.05) is 25.1 Å². The second-order valence-corrected chi connectivity index (χ2v) is 4.00. The molecule has 3 nitrogen and oxygen atoms in total. The molecule has 0 fully saturated rings. The monoisotopic (exact) mass is 236 g/mol. The summed E-state index contributed by atoms with van der Waals surface area (Å²) in [6.45, 7) is 0.643. The zero-order chi connectivity index (χ0) is 11.5. The Bertz CT molecular complexity index is 501. The SMILES string of the molecule is CN(CCO)c1cc2ccccc2c(Cl)n1. The third-order valence-electron chi connectivity index (χ3n) is 2.51. The van der Waals surface area contributed by atoms with Crippen molar-refractivity contribution in [2.24, 2.45) is 0 Å². The predicted octanol–water partition coefficient (Wildman–Crippen LogP) is 2.32. The van der Waals surface area contributed by atoms with Crippen LogP contribution < -0.4 is 4.90 Å². The van der Waals surface area contributed by atoms with Gasteiger partial charge in [0.1, 0.15) is 11.0 Å². The molecule has 1 heterocycles. The highest BCUT2D eigenvalue weighted by atomic mass is 35.5. The Morgan fingerprint density at radius 3 is 2.88 bits per heavy atom. The van der Waals surface area contributed by atoms with E-state index in [2.05, 4.69) is 4.98 Å². The molecule has 0 aliphatic heterocycles. The van der Waals surface area contributed by atoms with Crippen molar-refractivity contribution in [2.45, 2.75) is 0 Å². The van der Waals surface area contributed by atoms with Gasteiger partial charge in [-0.15, -0.1) is 0 Å². The van der Waals surface area contributed by atoms with Crippen LogP contribution >= 0.6 is 11.6 Å². The van der Waals surface area contributed by atoms with E-state index in [4.69, 9.17) is 16.7 Å². The number of likely N-dealkylation sites (N-methyl/N-ethyl adjacent to an activating group) is 1. The summed E-state index contributed by atoms with van der Waals surface area (Å²) >= 11 is 6.11. The average Bonchev–Trinajstić information content (AvgIpc) is 2.29. The van der Waals surface area contributed by atoms with Gasteiger partial charge in [0.25, 0.3) is 0 Å². The minimum atomic E-state index is 0.0998. The molecule has 0 saturated carbocycles. The molecule has 0 aliphatic carbocycles. The number of fused-ring (bicyclic) bond motifs is 1. The molecule has 1 N–H and O–H groups in total. The third kappa shape index (κ3) is 2.10. The molecule has 0 unspecified atom stereocenters. The molecule has 4 heteroatoms. The fourth-order valence-corrected chi connectivity index (χ4v) is 1.86. The first-order valence-corrected chi connectivity index (χ1v) is 5.47. The molecule has 0 atom stereocenters. The minimum Gasteiger partial charge on any atom is -0.395 e. The van der Waals surface area contributed by atoms with Gasteiger partial charge < -0.3 is 10.0 Å². The summed E-state index contributed by atoms with van der Waals surface area (Å²) in [5, 5.41) is 11.4. The van der Waals surface area contributed by atoms with E-state index in [1.165, 1.54) is 0 Å². The summed E-state index contributed by atoms with van der Waals surface area (Å²) in [6, 6.07) is 9.82. The van der Waals surface area contributed by atoms with Crippen molar-refractivity contribution in [3.05, 3.63) is 35.5 Å². The molecule has 84 valence electrons.